The van der Waals surface area contributed by atoms with Gasteiger partial charge in [-0.1, -0.05) is 30.3 Å². The number of nitrogens with zero attached hydrogens (tertiary/aromatic N) is 4. The van der Waals surface area contributed by atoms with Crippen LogP contribution in [0.1, 0.15) is 41.3 Å². The Bertz CT molecular complexity index is 1220. The van der Waals surface area contributed by atoms with Gasteiger partial charge in [0.1, 0.15) is 10.6 Å². The molecule has 0 unspecified atom stereocenters. The van der Waals surface area contributed by atoms with Crippen molar-refractivity contribution >= 4 is 27.4 Å². The molecule has 3 aromatic heterocycles. The van der Waals surface area contributed by atoms with Gasteiger partial charge in [-0.3, -0.25) is 9.88 Å². The summed E-state index contributed by atoms with van der Waals surface area (Å²) in [7, 11) is 0. The topological polar surface area (TPSA) is 53.9 Å². The lowest BCUT2D eigenvalue weighted by molar-refractivity contribution is 0.256. The Morgan fingerprint density at radius 2 is 1.84 bits per heavy atom. The molecule has 1 aliphatic heterocycles. The zero-order valence-corrected chi connectivity index (χ0v) is 18.9. The van der Waals surface area contributed by atoms with Gasteiger partial charge >= 0.3 is 0 Å². The second-order valence-corrected chi connectivity index (χ2v) is 9.81. The number of nitrogens with one attached hydrogen (secondary N) is 1. The molecule has 2 aliphatic rings. The molecule has 0 spiro atoms. The first-order chi connectivity index (χ1) is 15.9. The molecule has 6 heteroatoms. The summed E-state index contributed by atoms with van der Waals surface area (Å²) in [5.74, 6) is 1.74. The molecule has 1 saturated heterocycles. The highest BCUT2D eigenvalue weighted by atomic mass is 32.1. The minimum Gasteiger partial charge on any atom is -0.367 e. The molecule has 4 heterocycles. The third-order valence-corrected chi connectivity index (χ3v) is 7.90. The average molecular weight is 442 g/mol. The van der Waals surface area contributed by atoms with Gasteiger partial charge in [-0.25, -0.2) is 9.97 Å². The van der Waals surface area contributed by atoms with Gasteiger partial charge in [0.2, 0.25) is 0 Å². The summed E-state index contributed by atoms with van der Waals surface area (Å²) in [6, 6.07) is 15.2. The van der Waals surface area contributed by atoms with Gasteiger partial charge in [-0.15, -0.1) is 11.3 Å². The molecule has 32 heavy (non-hydrogen) atoms. The SMILES string of the molecule is c1ccc([C@@H](CNc2nc(-c3cccnc3)nc3sc4c(c23)CCC4)N2CCCC2)cc1. The van der Waals surface area contributed by atoms with Gasteiger partial charge in [0.15, 0.2) is 5.82 Å². The quantitative estimate of drug-likeness (QED) is 0.429. The largest absolute Gasteiger partial charge is 0.367 e. The molecule has 1 aliphatic carbocycles. The molecular weight excluding hydrogens is 414 g/mol. The fraction of sp³-hybridized carbons (Fsp3) is 0.346. The summed E-state index contributed by atoms with van der Waals surface area (Å²) in [6.07, 6.45) is 9.74. The highest BCUT2D eigenvalue weighted by Crippen LogP contribution is 2.40. The number of likely N-dealkylation sites (tertiary alicyclic amines) is 1. The third-order valence-electron chi connectivity index (χ3n) is 6.71. The van der Waals surface area contributed by atoms with Crippen LogP contribution in [0.4, 0.5) is 5.82 Å². The minimum atomic E-state index is 0.345. The number of rotatable bonds is 6. The summed E-state index contributed by atoms with van der Waals surface area (Å²) in [6.45, 7) is 3.16. The molecule has 5 nitrogen and oxygen atoms in total. The number of aryl methyl sites for hydroxylation is 2. The van der Waals surface area contributed by atoms with E-state index in [0.717, 1.165) is 48.1 Å². The third kappa shape index (κ3) is 3.67. The molecule has 4 aromatic rings. The monoisotopic (exact) mass is 441 g/mol. The first-order valence-electron chi connectivity index (χ1n) is 11.6. The molecule has 0 amide bonds. The molecular formula is C26H27N5S. The Morgan fingerprint density at radius 1 is 0.969 bits per heavy atom. The standard InChI is InChI=1S/C26H27N5S/c1-2-8-18(9-3-1)21(31-14-4-5-15-31)17-28-25-23-20-11-6-12-22(20)32-26(23)30-24(29-25)19-10-7-13-27-16-19/h1-3,7-10,13,16,21H,4-6,11-12,14-15,17H2,(H,28,29,30)/t21-/m1/s1. The minimum absolute atomic E-state index is 0.345. The van der Waals surface area contributed by atoms with E-state index in [2.05, 4.69) is 45.5 Å². The maximum Gasteiger partial charge on any atom is 0.164 e. The van der Waals surface area contributed by atoms with Crippen molar-refractivity contribution in [1.82, 2.24) is 19.9 Å². The van der Waals surface area contributed by atoms with Crippen molar-refractivity contribution in [2.24, 2.45) is 0 Å². The van der Waals surface area contributed by atoms with E-state index in [1.807, 2.05) is 29.7 Å². The zero-order valence-electron chi connectivity index (χ0n) is 18.1. The summed E-state index contributed by atoms with van der Waals surface area (Å²) < 4.78 is 0. The number of anilines is 1. The second kappa shape index (κ2) is 8.60. The van der Waals surface area contributed by atoms with Crippen molar-refractivity contribution in [2.45, 2.75) is 38.1 Å². The van der Waals surface area contributed by atoms with Crippen LogP contribution < -0.4 is 5.32 Å². The van der Waals surface area contributed by atoms with Crippen molar-refractivity contribution in [3.63, 3.8) is 0 Å². The van der Waals surface area contributed by atoms with E-state index >= 15 is 0 Å². The van der Waals surface area contributed by atoms with Crippen molar-refractivity contribution in [3.8, 4) is 11.4 Å². The highest BCUT2D eigenvalue weighted by molar-refractivity contribution is 7.19. The molecule has 6 rings (SSSR count). The fourth-order valence-electron chi connectivity index (χ4n) is 5.13. The van der Waals surface area contributed by atoms with Crippen LogP contribution in [0.2, 0.25) is 0 Å². The maximum atomic E-state index is 5.04. The zero-order chi connectivity index (χ0) is 21.3. The summed E-state index contributed by atoms with van der Waals surface area (Å²) in [4.78, 5) is 19.5. The molecule has 1 N–H and O–H groups in total. The van der Waals surface area contributed by atoms with Gasteiger partial charge in [0, 0.05) is 29.4 Å². The second-order valence-electron chi connectivity index (χ2n) is 8.73. The molecule has 0 radical (unpaired) electrons. The summed E-state index contributed by atoms with van der Waals surface area (Å²) in [5, 5.41) is 5.02. The van der Waals surface area contributed by atoms with Crippen LogP contribution in [-0.4, -0.2) is 39.5 Å². The van der Waals surface area contributed by atoms with E-state index in [1.54, 1.807) is 6.20 Å². The number of hydrogen-bond acceptors (Lipinski definition) is 6. The molecule has 1 atom stereocenters. The summed E-state index contributed by atoms with van der Waals surface area (Å²) >= 11 is 1.84. The van der Waals surface area contributed by atoms with E-state index in [9.17, 15) is 0 Å². The molecule has 162 valence electrons. The normalized spacial score (nSPS) is 17.0. The van der Waals surface area contributed by atoms with Crippen molar-refractivity contribution < 1.29 is 0 Å². The number of benzene rings is 1. The predicted molar refractivity (Wildman–Crippen MR) is 131 cm³/mol. The number of hydrogen-bond donors (Lipinski definition) is 1. The fourth-order valence-corrected chi connectivity index (χ4v) is 6.39. The van der Waals surface area contributed by atoms with Crippen LogP contribution in [0, 0.1) is 0 Å². The van der Waals surface area contributed by atoms with Crippen LogP contribution in [-0.2, 0) is 12.8 Å². The predicted octanol–water partition coefficient (Wildman–Crippen LogP) is 5.49. The van der Waals surface area contributed by atoms with E-state index in [4.69, 9.17) is 9.97 Å². The maximum absolute atomic E-state index is 5.04. The Hall–Kier alpha value is -2.83. The van der Waals surface area contributed by atoms with Gasteiger partial charge < -0.3 is 5.32 Å². The Kier molecular flexibility index (Phi) is 5.33. The van der Waals surface area contributed by atoms with Gasteiger partial charge in [-0.05, 0) is 68.5 Å². The average Bonchev–Trinajstić information content (AvgIpc) is 3.58. The molecule has 1 fully saturated rings. The van der Waals surface area contributed by atoms with Crippen molar-refractivity contribution in [2.75, 3.05) is 25.0 Å². The van der Waals surface area contributed by atoms with Crippen molar-refractivity contribution in [3.05, 3.63) is 70.9 Å². The number of aromatic nitrogens is 3. The van der Waals surface area contributed by atoms with Crippen LogP contribution in [0.3, 0.4) is 0 Å². The highest BCUT2D eigenvalue weighted by Gasteiger charge is 2.26. The van der Waals surface area contributed by atoms with Crippen molar-refractivity contribution in [1.29, 1.82) is 0 Å². The van der Waals surface area contributed by atoms with E-state index < -0.39 is 0 Å². The Balaban J connectivity index is 1.39. The smallest absolute Gasteiger partial charge is 0.164 e. The summed E-state index contributed by atoms with van der Waals surface area (Å²) in [5.41, 5.74) is 3.79. The van der Waals surface area contributed by atoms with Crippen LogP contribution in [0.15, 0.2) is 54.9 Å². The Morgan fingerprint density at radius 3 is 2.66 bits per heavy atom. The Labute approximate surface area is 192 Å². The number of fused-ring (bicyclic) bond motifs is 3. The molecule has 1 aromatic carbocycles. The van der Waals surface area contributed by atoms with E-state index in [1.165, 1.54) is 47.1 Å². The lowest BCUT2D eigenvalue weighted by Crippen LogP contribution is -2.31. The molecule has 0 bridgehead atoms. The van der Waals surface area contributed by atoms with Crippen LogP contribution in [0.25, 0.3) is 21.6 Å². The first-order valence-corrected chi connectivity index (χ1v) is 12.4. The van der Waals surface area contributed by atoms with Gasteiger partial charge in [0.25, 0.3) is 0 Å². The number of thiophene rings is 1. The van der Waals surface area contributed by atoms with Crippen LogP contribution in [0.5, 0.6) is 0 Å². The molecule has 0 saturated carbocycles. The lowest BCUT2D eigenvalue weighted by Gasteiger charge is -2.28. The lowest BCUT2D eigenvalue weighted by atomic mass is 10.1. The number of pyridine rings is 1. The van der Waals surface area contributed by atoms with Crippen LogP contribution >= 0.6 is 11.3 Å². The first kappa shape index (κ1) is 19.8. The van der Waals surface area contributed by atoms with Gasteiger partial charge in [-0.2, -0.15) is 0 Å². The van der Waals surface area contributed by atoms with E-state index in [0.29, 0.717) is 6.04 Å². The van der Waals surface area contributed by atoms with Gasteiger partial charge in [0.05, 0.1) is 11.4 Å². The van der Waals surface area contributed by atoms with E-state index in [-0.39, 0.29) is 0 Å².